The van der Waals surface area contributed by atoms with Crippen molar-refractivity contribution >= 4 is 32.8 Å². The Morgan fingerprint density at radius 3 is 2.88 bits per heavy atom. The number of halogens is 1. The Morgan fingerprint density at radius 2 is 2.31 bits per heavy atom. The van der Waals surface area contributed by atoms with Crippen molar-refractivity contribution in [2.24, 2.45) is 5.92 Å². The molecular weight excluding hydrogens is 288 g/mol. The third-order valence-corrected chi connectivity index (χ3v) is 3.73. The van der Waals surface area contributed by atoms with Gasteiger partial charge >= 0.3 is 0 Å². The summed E-state index contributed by atoms with van der Waals surface area (Å²) in [4.78, 5) is 11.9. The van der Waals surface area contributed by atoms with Gasteiger partial charge in [-0.3, -0.25) is 4.79 Å². The lowest BCUT2D eigenvalue weighted by molar-refractivity contribution is -0.109. The first kappa shape index (κ1) is 12.0. The second-order valence-corrected chi connectivity index (χ2v) is 6.05. The number of ether oxygens (including phenoxy) is 1. The molecule has 1 aliphatic carbocycles. The summed E-state index contributed by atoms with van der Waals surface area (Å²) >= 11 is 4.69. The summed E-state index contributed by atoms with van der Waals surface area (Å²) < 4.78 is 6.60. The second kappa shape index (κ2) is 5.23. The van der Waals surface area contributed by atoms with Crippen LogP contribution in [0, 0.1) is 5.92 Å². The molecule has 0 amide bonds. The van der Waals surface area contributed by atoms with Crippen LogP contribution in [0.2, 0.25) is 0 Å². The number of carbonyl (C=O) groups excluding carboxylic acids is 1. The van der Waals surface area contributed by atoms with E-state index in [0.29, 0.717) is 0 Å². The van der Waals surface area contributed by atoms with Gasteiger partial charge in [-0.15, -0.1) is 0 Å². The van der Waals surface area contributed by atoms with Gasteiger partial charge in [0.15, 0.2) is 5.12 Å². The predicted molar refractivity (Wildman–Crippen MR) is 68.9 cm³/mol. The van der Waals surface area contributed by atoms with Gasteiger partial charge in [0.2, 0.25) is 0 Å². The molecule has 1 aromatic rings. The Labute approximate surface area is 108 Å². The molecule has 1 aliphatic rings. The number of benzene rings is 1. The summed E-state index contributed by atoms with van der Waals surface area (Å²) in [5.41, 5.74) is 0. The van der Waals surface area contributed by atoms with Crippen molar-refractivity contribution in [3.8, 4) is 5.75 Å². The van der Waals surface area contributed by atoms with Gasteiger partial charge in [0.25, 0.3) is 0 Å². The first-order valence-corrected chi connectivity index (χ1v) is 6.87. The molecule has 16 heavy (non-hydrogen) atoms. The summed E-state index contributed by atoms with van der Waals surface area (Å²) in [7, 11) is 0. The zero-order chi connectivity index (χ0) is 11.5. The zero-order valence-electron chi connectivity index (χ0n) is 9.03. The Bertz CT molecular complexity index is 402. The van der Waals surface area contributed by atoms with Crippen LogP contribution in [-0.2, 0) is 4.79 Å². The van der Waals surface area contributed by atoms with Crippen molar-refractivity contribution in [1.82, 2.24) is 0 Å². The molecular formula is C12H13BrO2S. The number of rotatable bonds is 4. The Kier molecular flexibility index (Phi) is 3.92. The molecule has 0 unspecified atom stereocenters. The van der Waals surface area contributed by atoms with Crippen molar-refractivity contribution in [2.45, 2.75) is 24.7 Å². The molecule has 0 aromatic heterocycles. The van der Waals surface area contributed by atoms with E-state index < -0.39 is 0 Å². The van der Waals surface area contributed by atoms with Gasteiger partial charge in [-0.25, -0.2) is 0 Å². The summed E-state index contributed by atoms with van der Waals surface area (Å²) in [6.07, 6.45) is 2.58. The molecule has 0 saturated heterocycles. The van der Waals surface area contributed by atoms with E-state index in [2.05, 4.69) is 15.9 Å². The Hall–Kier alpha value is -0.480. The molecule has 0 spiro atoms. The molecule has 2 rings (SSSR count). The third-order valence-electron chi connectivity index (χ3n) is 2.34. The van der Waals surface area contributed by atoms with Gasteiger partial charge in [-0.1, -0.05) is 11.8 Å². The first-order chi connectivity index (χ1) is 7.65. The lowest BCUT2D eigenvalue weighted by Crippen LogP contribution is -1.99. The smallest absolute Gasteiger partial charge is 0.190 e. The molecule has 0 radical (unpaired) electrons. The average molecular weight is 301 g/mol. The molecule has 1 fully saturated rings. The molecule has 0 N–H and O–H groups in total. The van der Waals surface area contributed by atoms with E-state index in [-0.39, 0.29) is 5.12 Å². The van der Waals surface area contributed by atoms with E-state index in [1.165, 1.54) is 24.6 Å². The summed E-state index contributed by atoms with van der Waals surface area (Å²) in [5.74, 6) is 1.61. The summed E-state index contributed by atoms with van der Waals surface area (Å²) in [6, 6.07) is 5.76. The lowest BCUT2D eigenvalue weighted by atomic mass is 10.3. The van der Waals surface area contributed by atoms with Gasteiger partial charge in [0.05, 0.1) is 11.1 Å². The highest BCUT2D eigenvalue weighted by molar-refractivity contribution is 9.10. The van der Waals surface area contributed by atoms with Crippen LogP contribution in [0.25, 0.3) is 0 Å². The van der Waals surface area contributed by atoms with Gasteiger partial charge in [0, 0.05) is 11.8 Å². The van der Waals surface area contributed by atoms with Crippen molar-refractivity contribution in [3.05, 3.63) is 22.7 Å². The fourth-order valence-electron chi connectivity index (χ4n) is 1.32. The van der Waals surface area contributed by atoms with Crippen molar-refractivity contribution in [2.75, 3.05) is 6.61 Å². The molecule has 0 atom stereocenters. The minimum Gasteiger partial charge on any atom is -0.492 e. The van der Waals surface area contributed by atoms with Crippen LogP contribution < -0.4 is 4.74 Å². The largest absolute Gasteiger partial charge is 0.492 e. The molecule has 0 heterocycles. The number of carbonyl (C=O) groups is 1. The Balaban J connectivity index is 2.00. The van der Waals surface area contributed by atoms with Crippen LogP contribution in [0.1, 0.15) is 19.8 Å². The van der Waals surface area contributed by atoms with Crippen LogP contribution in [0.3, 0.4) is 0 Å². The summed E-state index contributed by atoms with van der Waals surface area (Å²) in [5, 5.41) is 0.0959. The molecule has 4 heteroatoms. The third kappa shape index (κ3) is 3.52. The molecule has 0 aliphatic heterocycles. The predicted octanol–water partition coefficient (Wildman–Crippen LogP) is 3.88. The van der Waals surface area contributed by atoms with Gasteiger partial charge in [0.1, 0.15) is 5.75 Å². The highest BCUT2D eigenvalue weighted by Gasteiger charge is 2.22. The van der Waals surface area contributed by atoms with Crippen LogP contribution in [-0.4, -0.2) is 11.7 Å². The fourth-order valence-corrected chi connectivity index (χ4v) is 2.61. The van der Waals surface area contributed by atoms with Crippen LogP contribution in [0.5, 0.6) is 5.75 Å². The van der Waals surface area contributed by atoms with Crippen LogP contribution >= 0.6 is 27.7 Å². The monoisotopic (exact) mass is 300 g/mol. The quantitative estimate of drug-likeness (QED) is 0.790. The number of hydrogen-bond acceptors (Lipinski definition) is 3. The van der Waals surface area contributed by atoms with E-state index in [1.54, 1.807) is 6.92 Å². The standard InChI is InChI=1S/C12H13BrO2S/c1-8(14)16-10-4-5-12(11(13)6-10)15-7-9-2-3-9/h4-6,9H,2-3,7H2,1H3. The van der Waals surface area contributed by atoms with E-state index in [1.807, 2.05) is 18.2 Å². The molecule has 0 bridgehead atoms. The SMILES string of the molecule is CC(=O)Sc1ccc(OCC2CC2)c(Br)c1. The maximum Gasteiger partial charge on any atom is 0.190 e. The normalized spacial score (nSPS) is 14.9. The van der Waals surface area contributed by atoms with E-state index in [9.17, 15) is 4.79 Å². The Morgan fingerprint density at radius 1 is 1.56 bits per heavy atom. The maximum atomic E-state index is 10.9. The topological polar surface area (TPSA) is 26.3 Å². The maximum absolute atomic E-state index is 10.9. The van der Waals surface area contributed by atoms with Crippen molar-refractivity contribution in [3.63, 3.8) is 0 Å². The second-order valence-electron chi connectivity index (χ2n) is 3.94. The molecule has 2 nitrogen and oxygen atoms in total. The molecule has 1 aromatic carbocycles. The highest BCUT2D eigenvalue weighted by atomic mass is 79.9. The van der Waals surface area contributed by atoms with Crippen molar-refractivity contribution in [1.29, 1.82) is 0 Å². The highest BCUT2D eigenvalue weighted by Crippen LogP contribution is 2.33. The molecule has 1 saturated carbocycles. The average Bonchev–Trinajstić information content (AvgIpc) is 2.99. The van der Waals surface area contributed by atoms with Gasteiger partial charge < -0.3 is 4.74 Å². The number of hydrogen-bond donors (Lipinski definition) is 0. The van der Waals surface area contributed by atoms with E-state index >= 15 is 0 Å². The first-order valence-electron chi connectivity index (χ1n) is 5.26. The van der Waals surface area contributed by atoms with Gasteiger partial charge in [-0.2, -0.15) is 0 Å². The van der Waals surface area contributed by atoms with E-state index in [0.717, 1.165) is 27.6 Å². The fraction of sp³-hybridized carbons (Fsp3) is 0.417. The van der Waals surface area contributed by atoms with E-state index in [4.69, 9.17) is 4.74 Å². The minimum atomic E-state index is 0.0959. The lowest BCUT2D eigenvalue weighted by Gasteiger charge is -2.08. The summed E-state index contributed by atoms with van der Waals surface area (Å²) in [6.45, 7) is 2.37. The minimum absolute atomic E-state index is 0.0959. The van der Waals surface area contributed by atoms with Crippen LogP contribution in [0.15, 0.2) is 27.6 Å². The molecule has 86 valence electrons. The van der Waals surface area contributed by atoms with Crippen LogP contribution in [0.4, 0.5) is 0 Å². The van der Waals surface area contributed by atoms with Gasteiger partial charge in [-0.05, 0) is 52.9 Å². The number of thioether (sulfide) groups is 1. The zero-order valence-corrected chi connectivity index (χ0v) is 11.4. The van der Waals surface area contributed by atoms with Crippen molar-refractivity contribution < 1.29 is 9.53 Å².